The third-order valence-corrected chi connectivity index (χ3v) is 4.08. The highest BCUT2D eigenvalue weighted by atomic mass is 19.1. The Kier molecular flexibility index (Phi) is 5.16. The first-order valence-electron chi connectivity index (χ1n) is 8.78. The molecular formula is C19H23FN4O3. The second kappa shape index (κ2) is 7.38. The Hall–Kier alpha value is -2.90. The van der Waals surface area contributed by atoms with Gasteiger partial charge in [-0.05, 0) is 45.0 Å². The lowest BCUT2D eigenvalue weighted by molar-refractivity contribution is -0.131. The molecule has 2 aromatic rings. The molecule has 0 saturated carbocycles. The number of amides is 2. The summed E-state index contributed by atoms with van der Waals surface area (Å²) in [5.74, 6) is 0.265. The Balaban J connectivity index is 1.60. The molecule has 8 heteroatoms. The van der Waals surface area contributed by atoms with E-state index in [9.17, 15) is 14.0 Å². The van der Waals surface area contributed by atoms with Crippen molar-refractivity contribution in [3.63, 3.8) is 0 Å². The van der Waals surface area contributed by atoms with Crippen LogP contribution in [-0.4, -0.2) is 45.1 Å². The van der Waals surface area contributed by atoms with Gasteiger partial charge < -0.3 is 19.5 Å². The Morgan fingerprint density at radius 2 is 1.93 bits per heavy atom. The van der Waals surface area contributed by atoms with Gasteiger partial charge in [0.2, 0.25) is 5.91 Å². The van der Waals surface area contributed by atoms with Crippen molar-refractivity contribution in [1.29, 1.82) is 0 Å². The molecule has 0 aliphatic carbocycles. The summed E-state index contributed by atoms with van der Waals surface area (Å²) in [6.45, 7) is 6.66. The van der Waals surface area contributed by atoms with Crippen molar-refractivity contribution in [2.75, 3.05) is 13.1 Å². The predicted molar refractivity (Wildman–Crippen MR) is 97.3 cm³/mol. The van der Waals surface area contributed by atoms with Crippen LogP contribution in [0.2, 0.25) is 0 Å². The molecule has 2 amide bonds. The number of aromatic nitrogens is 2. The number of benzene rings is 1. The third kappa shape index (κ3) is 4.84. The van der Waals surface area contributed by atoms with E-state index in [0.717, 1.165) is 17.1 Å². The van der Waals surface area contributed by atoms with Gasteiger partial charge in [-0.2, -0.15) is 0 Å². The molecule has 0 spiro atoms. The molecule has 1 aromatic heterocycles. The number of hydrogen-bond acceptors (Lipinski definition) is 4. The molecule has 1 aliphatic rings. The zero-order chi connectivity index (χ0) is 19.6. The minimum absolute atomic E-state index is 0.125. The lowest BCUT2D eigenvalue weighted by Crippen LogP contribution is -2.44. The summed E-state index contributed by atoms with van der Waals surface area (Å²) in [6.07, 6.45) is 1.29. The predicted octanol–water partition coefficient (Wildman–Crippen LogP) is 2.56. The van der Waals surface area contributed by atoms with Crippen LogP contribution in [0, 0.1) is 5.82 Å². The molecular weight excluding hydrogens is 351 g/mol. The molecule has 1 N–H and O–H groups in total. The number of fused-ring (bicyclic) bond motifs is 1. The van der Waals surface area contributed by atoms with Gasteiger partial charge in [-0.3, -0.25) is 4.79 Å². The molecule has 27 heavy (non-hydrogen) atoms. The summed E-state index contributed by atoms with van der Waals surface area (Å²) >= 11 is 0. The van der Waals surface area contributed by atoms with E-state index >= 15 is 0 Å². The second-order valence-electron chi connectivity index (χ2n) is 7.41. The van der Waals surface area contributed by atoms with Gasteiger partial charge in [-0.25, -0.2) is 14.2 Å². The number of hydrogen-bond donors (Lipinski definition) is 1. The number of ether oxygens (including phenoxy) is 1. The van der Waals surface area contributed by atoms with Crippen LogP contribution >= 0.6 is 0 Å². The van der Waals surface area contributed by atoms with E-state index in [-0.39, 0.29) is 18.3 Å². The van der Waals surface area contributed by atoms with Crippen molar-refractivity contribution in [1.82, 2.24) is 19.8 Å². The molecule has 0 bridgehead atoms. The van der Waals surface area contributed by atoms with Gasteiger partial charge >= 0.3 is 6.09 Å². The molecule has 7 nitrogen and oxygen atoms in total. The van der Waals surface area contributed by atoms with Gasteiger partial charge in [0.25, 0.3) is 0 Å². The third-order valence-electron chi connectivity index (χ3n) is 4.08. The van der Waals surface area contributed by atoms with Crippen molar-refractivity contribution in [3.8, 4) is 11.3 Å². The number of halogens is 1. The average molecular weight is 374 g/mol. The molecule has 0 radical (unpaired) electrons. The molecule has 2 heterocycles. The molecule has 144 valence electrons. The topological polar surface area (TPSA) is 76.5 Å². The summed E-state index contributed by atoms with van der Waals surface area (Å²) in [5.41, 5.74) is 0.952. The van der Waals surface area contributed by atoms with Crippen LogP contribution in [0.1, 0.15) is 26.6 Å². The molecule has 1 aliphatic heterocycles. The maximum atomic E-state index is 13.1. The van der Waals surface area contributed by atoms with Gasteiger partial charge in [0, 0.05) is 24.8 Å². The van der Waals surface area contributed by atoms with Crippen LogP contribution in [0.4, 0.5) is 9.18 Å². The van der Waals surface area contributed by atoms with E-state index in [1.54, 1.807) is 37.8 Å². The SMILES string of the molecule is CC(C)(C)OC(=O)NCC(=O)N1CCn2cc(-c3ccc(F)cc3)nc2C1. The minimum Gasteiger partial charge on any atom is -0.444 e. The lowest BCUT2D eigenvalue weighted by atomic mass is 10.2. The Morgan fingerprint density at radius 1 is 1.22 bits per heavy atom. The fourth-order valence-electron chi connectivity index (χ4n) is 2.80. The number of imidazole rings is 1. The fraction of sp³-hybridized carbons (Fsp3) is 0.421. The lowest BCUT2D eigenvalue weighted by Gasteiger charge is -2.28. The maximum absolute atomic E-state index is 13.1. The minimum atomic E-state index is -0.618. The number of alkyl carbamates (subject to hydrolysis) is 1. The molecule has 0 fully saturated rings. The summed E-state index contributed by atoms with van der Waals surface area (Å²) in [6, 6.07) is 6.15. The first-order chi connectivity index (χ1) is 12.7. The summed E-state index contributed by atoms with van der Waals surface area (Å²) < 4.78 is 20.2. The van der Waals surface area contributed by atoms with Crippen molar-refractivity contribution in [2.24, 2.45) is 0 Å². The van der Waals surface area contributed by atoms with Gasteiger partial charge in [-0.1, -0.05) is 0 Å². The van der Waals surface area contributed by atoms with Crippen molar-refractivity contribution < 1.29 is 18.7 Å². The molecule has 0 unspecified atom stereocenters. The zero-order valence-corrected chi connectivity index (χ0v) is 15.7. The number of rotatable bonds is 3. The summed E-state index contributed by atoms with van der Waals surface area (Å²) in [5, 5.41) is 2.48. The van der Waals surface area contributed by atoms with Gasteiger partial charge in [0.1, 0.15) is 23.8 Å². The quantitative estimate of drug-likeness (QED) is 0.896. The van der Waals surface area contributed by atoms with E-state index < -0.39 is 11.7 Å². The highest BCUT2D eigenvalue weighted by molar-refractivity contribution is 5.82. The monoisotopic (exact) mass is 374 g/mol. The highest BCUT2D eigenvalue weighted by Crippen LogP contribution is 2.22. The Bertz CT molecular complexity index is 840. The smallest absolute Gasteiger partial charge is 0.408 e. The van der Waals surface area contributed by atoms with Crippen LogP contribution in [0.25, 0.3) is 11.3 Å². The first kappa shape index (κ1) is 18.9. The first-order valence-corrected chi connectivity index (χ1v) is 8.78. The van der Waals surface area contributed by atoms with E-state index in [0.29, 0.717) is 19.6 Å². The molecule has 0 saturated heterocycles. The number of carbonyl (C=O) groups excluding carboxylic acids is 2. The van der Waals surface area contributed by atoms with E-state index in [1.165, 1.54) is 12.1 Å². The fourth-order valence-corrected chi connectivity index (χ4v) is 2.80. The zero-order valence-electron chi connectivity index (χ0n) is 15.7. The van der Waals surface area contributed by atoms with E-state index in [4.69, 9.17) is 4.74 Å². The second-order valence-corrected chi connectivity index (χ2v) is 7.41. The van der Waals surface area contributed by atoms with Crippen molar-refractivity contribution in [2.45, 2.75) is 39.5 Å². The van der Waals surface area contributed by atoms with Crippen LogP contribution in [0.5, 0.6) is 0 Å². The van der Waals surface area contributed by atoms with Crippen LogP contribution in [0.15, 0.2) is 30.5 Å². The maximum Gasteiger partial charge on any atom is 0.408 e. The number of carbonyl (C=O) groups is 2. The number of nitrogens with zero attached hydrogens (tertiary/aromatic N) is 3. The van der Waals surface area contributed by atoms with Crippen LogP contribution < -0.4 is 5.32 Å². The Morgan fingerprint density at radius 3 is 2.59 bits per heavy atom. The molecule has 3 rings (SSSR count). The van der Waals surface area contributed by atoms with E-state index in [1.807, 2.05) is 10.8 Å². The molecule has 1 aromatic carbocycles. The largest absolute Gasteiger partial charge is 0.444 e. The normalized spacial score (nSPS) is 13.9. The van der Waals surface area contributed by atoms with Crippen molar-refractivity contribution in [3.05, 3.63) is 42.1 Å². The average Bonchev–Trinajstić information content (AvgIpc) is 3.02. The van der Waals surface area contributed by atoms with Crippen molar-refractivity contribution >= 4 is 12.0 Å². The molecule has 0 atom stereocenters. The summed E-state index contributed by atoms with van der Waals surface area (Å²) in [4.78, 5) is 30.3. The summed E-state index contributed by atoms with van der Waals surface area (Å²) in [7, 11) is 0. The standard InChI is InChI=1S/C19H23FN4O3/c1-19(2,3)27-18(26)21-10-17(25)24-9-8-23-11-15(22-16(23)12-24)13-4-6-14(20)7-5-13/h4-7,11H,8-10,12H2,1-3H3,(H,21,26). The van der Waals surface area contributed by atoms with E-state index in [2.05, 4.69) is 10.3 Å². The van der Waals surface area contributed by atoms with Gasteiger partial charge in [0.05, 0.1) is 12.2 Å². The van der Waals surface area contributed by atoms with Gasteiger partial charge in [0.15, 0.2) is 0 Å². The van der Waals surface area contributed by atoms with Crippen LogP contribution in [-0.2, 0) is 22.6 Å². The highest BCUT2D eigenvalue weighted by Gasteiger charge is 2.24. The van der Waals surface area contributed by atoms with Gasteiger partial charge in [-0.15, -0.1) is 0 Å². The Labute approximate surface area is 157 Å². The van der Waals surface area contributed by atoms with Crippen LogP contribution in [0.3, 0.4) is 0 Å². The number of nitrogens with one attached hydrogen (secondary N) is 1.